The third kappa shape index (κ3) is 1.79. The Morgan fingerprint density at radius 2 is 2.00 bits per heavy atom. The van der Waals surface area contributed by atoms with Crippen molar-refractivity contribution in [3.8, 4) is 17.5 Å². The zero-order chi connectivity index (χ0) is 15.1. The van der Waals surface area contributed by atoms with Crippen molar-refractivity contribution >= 4 is 21.8 Å². The van der Waals surface area contributed by atoms with Crippen LogP contribution in [0.25, 0.3) is 33.2 Å². The van der Waals surface area contributed by atoms with Crippen LogP contribution in [-0.4, -0.2) is 15.2 Å². The van der Waals surface area contributed by atoms with Gasteiger partial charge in [0.1, 0.15) is 5.69 Å². The number of nitrogens with one attached hydrogen (secondary N) is 2. The highest BCUT2D eigenvalue weighted by molar-refractivity contribution is 5.96. The van der Waals surface area contributed by atoms with Gasteiger partial charge in [-0.2, -0.15) is 10.4 Å². The number of hydrogen-bond acceptors (Lipinski definition) is 3. The molecule has 0 aliphatic rings. The fraction of sp³-hybridized carbons (Fsp3) is 0.0588. The molecule has 4 rings (SSSR count). The normalized spacial score (nSPS) is 11.1. The minimum atomic E-state index is 0.501. The summed E-state index contributed by atoms with van der Waals surface area (Å²) in [7, 11) is 0. The molecule has 0 aliphatic heterocycles. The predicted octanol–water partition coefficient (Wildman–Crippen LogP) is 3.04. The minimum Gasteiger partial charge on any atom is -0.353 e. The van der Waals surface area contributed by atoms with Crippen molar-refractivity contribution in [1.29, 1.82) is 5.26 Å². The van der Waals surface area contributed by atoms with Gasteiger partial charge < -0.3 is 10.7 Å². The molecule has 0 radical (unpaired) electrons. The summed E-state index contributed by atoms with van der Waals surface area (Å²) in [4.78, 5) is 3.39. The van der Waals surface area contributed by atoms with Crippen LogP contribution in [-0.2, 0) is 6.54 Å². The largest absolute Gasteiger partial charge is 0.353 e. The van der Waals surface area contributed by atoms with Gasteiger partial charge in [-0.15, -0.1) is 0 Å². The number of rotatable bonds is 2. The number of nitriles is 1. The zero-order valence-corrected chi connectivity index (χ0v) is 11.7. The van der Waals surface area contributed by atoms with E-state index in [4.69, 9.17) is 11.0 Å². The molecule has 0 bridgehead atoms. The molecule has 2 aromatic carbocycles. The van der Waals surface area contributed by atoms with Gasteiger partial charge in [0.05, 0.1) is 22.8 Å². The van der Waals surface area contributed by atoms with Crippen LogP contribution in [0, 0.1) is 11.3 Å². The lowest BCUT2D eigenvalue weighted by molar-refractivity contribution is 1.09. The van der Waals surface area contributed by atoms with E-state index < -0.39 is 0 Å². The van der Waals surface area contributed by atoms with Gasteiger partial charge in [0.25, 0.3) is 0 Å². The Morgan fingerprint density at radius 3 is 2.82 bits per heavy atom. The molecule has 22 heavy (non-hydrogen) atoms. The zero-order valence-electron chi connectivity index (χ0n) is 11.7. The molecule has 4 aromatic rings. The number of nitrogens with two attached hydrogens (primary N) is 1. The first-order valence-electron chi connectivity index (χ1n) is 6.99. The third-order valence-electron chi connectivity index (χ3n) is 3.92. The minimum absolute atomic E-state index is 0.501. The molecule has 0 aliphatic carbocycles. The first kappa shape index (κ1) is 12.6. The second-order valence-electron chi connectivity index (χ2n) is 5.21. The summed E-state index contributed by atoms with van der Waals surface area (Å²) in [5, 5.41) is 18.5. The Labute approximate surface area is 126 Å². The molecule has 0 unspecified atom stereocenters. The van der Waals surface area contributed by atoms with Crippen LogP contribution in [0.3, 0.4) is 0 Å². The van der Waals surface area contributed by atoms with Gasteiger partial charge in [-0.1, -0.05) is 12.1 Å². The molecule has 106 valence electrons. The Balaban J connectivity index is 1.94. The lowest BCUT2D eigenvalue weighted by Crippen LogP contribution is -1.95. The summed E-state index contributed by atoms with van der Waals surface area (Å²) >= 11 is 0. The van der Waals surface area contributed by atoms with Crippen LogP contribution in [0.1, 0.15) is 11.1 Å². The average Bonchev–Trinajstić information content (AvgIpc) is 3.16. The summed E-state index contributed by atoms with van der Waals surface area (Å²) in [5.41, 5.74) is 11.2. The van der Waals surface area contributed by atoms with Crippen LogP contribution in [0.15, 0.2) is 42.5 Å². The van der Waals surface area contributed by atoms with Gasteiger partial charge in [-0.25, -0.2) is 0 Å². The van der Waals surface area contributed by atoms with E-state index in [0.29, 0.717) is 12.1 Å². The van der Waals surface area contributed by atoms with E-state index in [1.165, 1.54) is 0 Å². The fourth-order valence-electron chi connectivity index (χ4n) is 2.82. The van der Waals surface area contributed by atoms with Gasteiger partial charge in [-0.3, -0.25) is 5.10 Å². The average molecular weight is 287 g/mol. The van der Waals surface area contributed by atoms with E-state index in [9.17, 15) is 0 Å². The van der Waals surface area contributed by atoms with Gasteiger partial charge in [0, 0.05) is 22.8 Å². The molecule has 0 atom stereocenters. The lowest BCUT2D eigenvalue weighted by atomic mass is 10.1. The molecule has 5 nitrogen and oxygen atoms in total. The van der Waals surface area contributed by atoms with Gasteiger partial charge >= 0.3 is 0 Å². The molecule has 0 saturated heterocycles. The SMILES string of the molecule is N#Cc1ccc2c(-c3cc4c(CN)cccc4[nH]3)n[nH]c2c1. The van der Waals surface area contributed by atoms with Crippen molar-refractivity contribution in [3.63, 3.8) is 0 Å². The maximum Gasteiger partial charge on any atom is 0.116 e. The van der Waals surface area contributed by atoms with Gasteiger partial charge in [0.15, 0.2) is 0 Å². The van der Waals surface area contributed by atoms with E-state index in [0.717, 1.165) is 38.8 Å². The molecule has 5 heteroatoms. The van der Waals surface area contributed by atoms with Crippen molar-refractivity contribution in [1.82, 2.24) is 15.2 Å². The van der Waals surface area contributed by atoms with Gasteiger partial charge in [-0.05, 0) is 35.9 Å². The maximum absolute atomic E-state index is 8.97. The van der Waals surface area contributed by atoms with E-state index in [1.54, 1.807) is 12.1 Å². The van der Waals surface area contributed by atoms with E-state index >= 15 is 0 Å². The first-order chi connectivity index (χ1) is 10.8. The number of hydrogen-bond donors (Lipinski definition) is 3. The Kier molecular flexibility index (Phi) is 2.71. The summed E-state index contributed by atoms with van der Waals surface area (Å²) < 4.78 is 0. The fourth-order valence-corrected chi connectivity index (χ4v) is 2.82. The van der Waals surface area contributed by atoms with E-state index in [1.807, 2.05) is 24.3 Å². The van der Waals surface area contributed by atoms with Crippen molar-refractivity contribution in [2.75, 3.05) is 0 Å². The molecule has 4 N–H and O–H groups in total. The summed E-state index contributed by atoms with van der Waals surface area (Å²) in [6.07, 6.45) is 0. The molecular formula is C17H13N5. The Morgan fingerprint density at radius 1 is 1.09 bits per heavy atom. The van der Waals surface area contributed by atoms with Crippen LogP contribution in [0.2, 0.25) is 0 Å². The maximum atomic E-state index is 8.97. The second kappa shape index (κ2) is 4.72. The van der Waals surface area contributed by atoms with Crippen LogP contribution in [0.5, 0.6) is 0 Å². The molecule has 2 aromatic heterocycles. The van der Waals surface area contributed by atoms with Crippen LogP contribution < -0.4 is 5.73 Å². The third-order valence-corrected chi connectivity index (χ3v) is 3.92. The van der Waals surface area contributed by atoms with Crippen molar-refractivity contribution in [2.45, 2.75) is 6.54 Å². The van der Waals surface area contributed by atoms with E-state index in [2.05, 4.69) is 27.3 Å². The Bertz CT molecular complexity index is 1030. The van der Waals surface area contributed by atoms with E-state index in [-0.39, 0.29) is 0 Å². The summed E-state index contributed by atoms with van der Waals surface area (Å²) in [5.74, 6) is 0. The van der Waals surface area contributed by atoms with Crippen LogP contribution in [0.4, 0.5) is 0 Å². The van der Waals surface area contributed by atoms with Crippen molar-refractivity contribution in [3.05, 3.63) is 53.6 Å². The quantitative estimate of drug-likeness (QED) is 0.529. The lowest BCUT2D eigenvalue weighted by Gasteiger charge is -1.96. The highest BCUT2D eigenvalue weighted by Gasteiger charge is 2.12. The number of benzene rings is 2. The molecule has 0 amide bonds. The monoisotopic (exact) mass is 287 g/mol. The van der Waals surface area contributed by atoms with Crippen molar-refractivity contribution < 1.29 is 0 Å². The highest BCUT2D eigenvalue weighted by Crippen LogP contribution is 2.30. The number of H-pyrrole nitrogens is 2. The highest BCUT2D eigenvalue weighted by atomic mass is 15.1. The topological polar surface area (TPSA) is 94.3 Å². The molecule has 0 fully saturated rings. The predicted molar refractivity (Wildman–Crippen MR) is 86.0 cm³/mol. The van der Waals surface area contributed by atoms with Gasteiger partial charge in [0.2, 0.25) is 0 Å². The number of aromatic nitrogens is 3. The number of aromatic amines is 2. The molecular weight excluding hydrogens is 274 g/mol. The summed E-state index contributed by atoms with van der Waals surface area (Å²) in [6, 6.07) is 15.8. The molecule has 0 saturated carbocycles. The molecule has 0 spiro atoms. The smallest absolute Gasteiger partial charge is 0.116 e. The van der Waals surface area contributed by atoms with Crippen LogP contribution >= 0.6 is 0 Å². The molecule has 2 heterocycles. The Hall–Kier alpha value is -3.10. The second-order valence-corrected chi connectivity index (χ2v) is 5.21. The number of nitrogens with zero attached hydrogens (tertiary/aromatic N) is 2. The number of fused-ring (bicyclic) bond motifs is 2. The standard InChI is InChI=1S/C17H13N5/c18-8-10-4-5-12-15(6-10)21-22-17(12)16-7-13-11(9-19)2-1-3-14(13)20-16/h1-7,20H,9,19H2,(H,21,22). The first-order valence-corrected chi connectivity index (χ1v) is 6.99. The van der Waals surface area contributed by atoms with Crippen molar-refractivity contribution in [2.24, 2.45) is 5.73 Å². The summed E-state index contributed by atoms with van der Waals surface area (Å²) in [6.45, 7) is 0.501.